The molecule has 1 aliphatic rings. The molecule has 3 nitrogen and oxygen atoms in total. The third-order valence-corrected chi connectivity index (χ3v) is 1.53. The number of rotatable bonds is 1. The lowest BCUT2D eigenvalue weighted by Gasteiger charge is -2.22. The smallest absolute Gasteiger partial charge is 0.234 e. The highest BCUT2D eigenvalue weighted by molar-refractivity contribution is 5.85. The zero-order valence-corrected chi connectivity index (χ0v) is 6.83. The summed E-state index contributed by atoms with van der Waals surface area (Å²) < 4.78 is 0. The predicted molar refractivity (Wildman–Crippen MR) is 42.3 cm³/mol. The summed E-state index contributed by atoms with van der Waals surface area (Å²) in [4.78, 5) is 10.7. The van der Waals surface area contributed by atoms with Gasteiger partial charge in [0.2, 0.25) is 5.91 Å². The molecule has 1 rings (SSSR count). The van der Waals surface area contributed by atoms with Gasteiger partial charge in [-0.3, -0.25) is 4.79 Å². The van der Waals surface area contributed by atoms with Gasteiger partial charge >= 0.3 is 0 Å². The first kappa shape index (κ1) is 9.72. The Morgan fingerprint density at radius 1 is 1.70 bits per heavy atom. The maximum Gasteiger partial charge on any atom is 0.234 e. The molecule has 60 valence electrons. The van der Waals surface area contributed by atoms with Gasteiger partial charge in [-0.15, -0.1) is 12.4 Å². The molecule has 1 unspecified atom stereocenters. The van der Waals surface area contributed by atoms with Gasteiger partial charge in [0.25, 0.3) is 0 Å². The first-order valence-corrected chi connectivity index (χ1v) is 3.33. The fraction of sp³-hybridized carbons (Fsp3) is 0.833. The van der Waals surface area contributed by atoms with Crippen molar-refractivity contribution in [1.82, 2.24) is 10.6 Å². The molecule has 0 saturated carbocycles. The van der Waals surface area contributed by atoms with E-state index in [2.05, 4.69) is 17.6 Å². The van der Waals surface area contributed by atoms with Crippen LogP contribution in [-0.4, -0.2) is 25.0 Å². The summed E-state index contributed by atoms with van der Waals surface area (Å²) in [5.41, 5.74) is 0. The zero-order valence-electron chi connectivity index (χ0n) is 6.02. The maximum atomic E-state index is 10.7. The van der Waals surface area contributed by atoms with Crippen molar-refractivity contribution in [3.05, 3.63) is 0 Å². The molecule has 1 heterocycles. The average Bonchev–Trinajstić information content (AvgIpc) is 1.88. The minimum absolute atomic E-state index is 0. The first-order valence-electron chi connectivity index (χ1n) is 3.33. The van der Waals surface area contributed by atoms with Crippen LogP contribution in [-0.2, 0) is 4.79 Å². The Morgan fingerprint density at radius 3 is 2.80 bits per heavy atom. The summed E-state index contributed by atoms with van der Waals surface area (Å²) in [6.45, 7) is 3.47. The SMILES string of the molecule is CCC1CNCC(=O)N1.Cl. The number of carbonyl (C=O) groups excluding carboxylic acids is 1. The number of hydrogen-bond acceptors (Lipinski definition) is 2. The number of carbonyl (C=O) groups is 1. The molecule has 1 fully saturated rings. The lowest BCUT2D eigenvalue weighted by molar-refractivity contribution is -0.122. The highest BCUT2D eigenvalue weighted by Gasteiger charge is 2.14. The topological polar surface area (TPSA) is 41.1 Å². The van der Waals surface area contributed by atoms with Crippen molar-refractivity contribution < 1.29 is 4.79 Å². The third kappa shape index (κ3) is 2.54. The largest absolute Gasteiger partial charge is 0.351 e. The fourth-order valence-electron chi connectivity index (χ4n) is 0.936. The van der Waals surface area contributed by atoms with Crippen LogP contribution in [0.25, 0.3) is 0 Å². The van der Waals surface area contributed by atoms with Crippen LogP contribution in [0.2, 0.25) is 0 Å². The van der Waals surface area contributed by atoms with E-state index in [1.807, 2.05) is 0 Å². The van der Waals surface area contributed by atoms with Crippen molar-refractivity contribution >= 4 is 18.3 Å². The molecule has 0 aromatic heterocycles. The lowest BCUT2D eigenvalue weighted by atomic mass is 10.2. The molecule has 1 amide bonds. The molecular weight excluding hydrogens is 152 g/mol. The van der Waals surface area contributed by atoms with Gasteiger partial charge in [-0.05, 0) is 6.42 Å². The van der Waals surface area contributed by atoms with Gasteiger partial charge in [-0.1, -0.05) is 6.92 Å². The molecule has 0 aromatic carbocycles. The molecule has 1 atom stereocenters. The fourth-order valence-corrected chi connectivity index (χ4v) is 0.936. The Kier molecular flexibility index (Phi) is 4.40. The molecular formula is C6H13ClN2O. The molecule has 4 heteroatoms. The molecule has 1 saturated heterocycles. The molecule has 0 radical (unpaired) electrons. The molecule has 0 aliphatic carbocycles. The van der Waals surface area contributed by atoms with Gasteiger partial charge < -0.3 is 10.6 Å². The van der Waals surface area contributed by atoms with Gasteiger partial charge in [0, 0.05) is 12.6 Å². The Labute approximate surface area is 67.0 Å². The van der Waals surface area contributed by atoms with Crippen molar-refractivity contribution in [2.24, 2.45) is 0 Å². The number of piperazine rings is 1. The number of halogens is 1. The van der Waals surface area contributed by atoms with Crippen LogP contribution >= 0.6 is 12.4 Å². The maximum absolute atomic E-state index is 10.7. The minimum Gasteiger partial charge on any atom is -0.351 e. The average molecular weight is 165 g/mol. The van der Waals surface area contributed by atoms with E-state index < -0.39 is 0 Å². The van der Waals surface area contributed by atoms with Crippen molar-refractivity contribution in [2.45, 2.75) is 19.4 Å². The summed E-state index contributed by atoms with van der Waals surface area (Å²) in [5, 5.41) is 5.89. The highest BCUT2D eigenvalue weighted by Crippen LogP contribution is 1.91. The van der Waals surface area contributed by atoms with E-state index in [9.17, 15) is 4.79 Å². The van der Waals surface area contributed by atoms with Crippen LogP contribution in [0.4, 0.5) is 0 Å². The standard InChI is InChI=1S/C6H12N2O.ClH/c1-2-5-3-7-4-6(9)8-5;/h5,7H,2-4H2,1H3,(H,8,9);1H. The highest BCUT2D eigenvalue weighted by atomic mass is 35.5. The van der Waals surface area contributed by atoms with E-state index in [-0.39, 0.29) is 18.3 Å². The van der Waals surface area contributed by atoms with Crippen LogP contribution < -0.4 is 10.6 Å². The summed E-state index contributed by atoms with van der Waals surface area (Å²) in [7, 11) is 0. The molecule has 0 aromatic rings. The van der Waals surface area contributed by atoms with Crippen molar-refractivity contribution in [3.8, 4) is 0 Å². The van der Waals surface area contributed by atoms with E-state index in [0.29, 0.717) is 12.6 Å². The molecule has 10 heavy (non-hydrogen) atoms. The number of nitrogens with one attached hydrogen (secondary N) is 2. The Balaban J connectivity index is 0.000000810. The summed E-state index contributed by atoms with van der Waals surface area (Å²) in [6, 6.07) is 0.353. The predicted octanol–water partition coefficient (Wildman–Crippen LogP) is -0.0938. The van der Waals surface area contributed by atoms with Crippen LogP contribution in [0.5, 0.6) is 0 Å². The number of hydrogen-bond donors (Lipinski definition) is 2. The zero-order chi connectivity index (χ0) is 6.69. The van der Waals surface area contributed by atoms with E-state index in [1.165, 1.54) is 0 Å². The van der Waals surface area contributed by atoms with Crippen LogP contribution in [0.3, 0.4) is 0 Å². The van der Waals surface area contributed by atoms with E-state index >= 15 is 0 Å². The van der Waals surface area contributed by atoms with Crippen molar-refractivity contribution in [2.75, 3.05) is 13.1 Å². The Hall–Kier alpha value is -0.280. The Morgan fingerprint density at radius 2 is 2.40 bits per heavy atom. The molecule has 1 aliphatic heterocycles. The number of amides is 1. The van der Waals surface area contributed by atoms with Gasteiger partial charge in [-0.25, -0.2) is 0 Å². The van der Waals surface area contributed by atoms with Gasteiger partial charge in [-0.2, -0.15) is 0 Å². The second kappa shape index (κ2) is 4.52. The quantitative estimate of drug-likeness (QED) is 0.569. The van der Waals surface area contributed by atoms with Gasteiger partial charge in [0.05, 0.1) is 6.54 Å². The summed E-state index contributed by atoms with van der Waals surface area (Å²) >= 11 is 0. The normalized spacial score (nSPS) is 24.9. The minimum atomic E-state index is 0. The van der Waals surface area contributed by atoms with Gasteiger partial charge in [0.1, 0.15) is 0 Å². The van der Waals surface area contributed by atoms with E-state index in [4.69, 9.17) is 0 Å². The summed E-state index contributed by atoms with van der Waals surface area (Å²) in [5.74, 6) is 0.119. The van der Waals surface area contributed by atoms with Crippen molar-refractivity contribution in [3.63, 3.8) is 0 Å². The second-order valence-electron chi connectivity index (χ2n) is 2.30. The monoisotopic (exact) mass is 164 g/mol. The van der Waals surface area contributed by atoms with Crippen LogP contribution in [0, 0.1) is 0 Å². The molecule has 0 bridgehead atoms. The molecule has 0 spiro atoms. The van der Waals surface area contributed by atoms with Gasteiger partial charge in [0.15, 0.2) is 0 Å². The Bertz CT molecular complexity index is 118. The van der Waals surface area contributed by atoms with E-state index in [1.54, 1.807) is 0 Å². The second-order valence-corrected chi connectivity index (χ2v) is 2.30. The summed E-state index contributed by atoms with van der Waals surface area (Å²) in [6.07, 6.45) is 1.01. The van der Waals surface area contributed by atoms with Crippen LogP contribution in [0.15, 0.2) is 0 Å². The third-order valence-electron chi connectivity index (χ3n) is 1.53. The first-order chi connectivity index (χ1) is 4.33. The van der Waals surface area contributed by atoms with Crippen molar-refractivity contribution in [1.29, 1.82) is 0 Å². The van der Waals surface area contributed by atoms with Crippen LogP contribution in [0.1, 0.15) is 13.3 Å². The lowest BCUT2D eigenvalue weighted by Crippen LogP contribution is -2.51. The van der Waals surface area contributed by atoms with E-state index in [0.717, 1.165) is 13.0 Å². The molecule has 2 N–H and O–H groups in total.